The molecule has 0 aromatic heterocycles. The summed E-state index contributed by atoms with van der Waals surface area (Å²) in [7, 11) is -10.9. The molecule has 2 aromatic rings. The molecule has 2 unspecified atom stereocenters. The van der Waals surface area contributed by atoms with E-state index >= 15 is 0 Å². The van der Waals surface area contributed by atoms with Gasteiger partial charge in [-0.25, -0.2) is 16.8 Å². The van der Waals surface area contributed by atoms with E-state index in [1.807, 2.05) is 13.8 Å². The summed E-state index contributed by atoms with van der Waals surface area (Å²) >= 11 is 0. The predicted octanol–water partition coefficient (Wildman–Crippen LogP) is 1.44. The van der Waals surface area contributed by atoms with Gasteiger partial charge in [-0.1, -0.05) is 38.1 Å². The third-order valence-corrected chi connectivity index (χ3v) is 10.7. The van der Waals surface area contributed by atoms with E-state index in [9.17, 15) is 34.8 Å². The molecule has 14 nitrogen and oxygen atoms in total. The second-order valence-corrected chi connectivity index (χ2v) is 16.5. The molecule has 1 heterocycles. The lowest BCUT2D eigenvalue weighted by Gasteiger charge is -2.41. The van der Waals surface area contributed by atoms with Gasteiger partial charge in [-0.2, -0.15) is 13.1 Å². The summed E-state index contributed by atoms with van der Waals surface area (Å²) in [6.45, 7) is 4.67. The van der Waals surface area contributed by atoms with E-state index in [4.69, 9.17) is 4.74 Å². The smallest absolute Gasteiger partial charge is 0.286 e. The maximum atomic E-state index is 14.6. The van der Waals surface area contributed by atoms with Crippen LogP contribution < -0.4 is 20.1 Å². The molecule has 2 aromatic carbocycles. The Morgan fingerprint density at radius 3 is 2.44 bits per heavy atom. The normalized spacial score (nSPS) is 21.1. The number of rotatable bonds is 14. The molecule has 4 N–H and O–H groups in total. The number of hydrogen-bond donors (Lipinski definition) is 4. The maximum absolute atomic E-state index is 14.6. The standard InChI is InChI=1S/C28H37N5O9S3/c1-18(2)11-12-28(33-44(38,39)16-14-29-13-15-42-3)21-8-6-5-7-20(21)25(34)24(26(28)35)27-30-22-10-9-19(31-43(4,36)37)17-23(22)45(40,41)32-27/h5-10,17-18,24,29,31,33H,11-16H2,1-4H3,(H,30,32). The number of ketones is 2. The van der Waals surface area contributed by atoms with Gasteiger partial charge < -0.3 is 15.4 Å². The van der Waals surface area contributed by atoms with E-state index < -0.39 is 58.9 Å². The summed E-state index contributed by atoms with van der Waals surface area (Å²) in [6, 6.07) is 9.84. The fraction of sp³-hybridized carbons (Fsp3) is 0.464. The Bertz CT molecular complexity index is 1840. The summed E-state index contributed by atoms with van der Waals surface area (Å²) in [5, 5.41) is 5.73. The molecule has 0 bridgehead atoms. The van der Waals surface area contributed by atoms with E-state index in [2.05, 4.69) is 24.5 Å². The van der Waals surface area contributed by atoms with Gasteiger partial charge in [-0.15, -0.1) is 4.40 Å². The molecule has 0 fully saturated rings. The average molecular weight is 684 g/mol. The van der Waals surface area contributed by atoms with Crippen molar-refractivity contribution in [2.75, 3.05) is 48.9 Å². The number of nitrogens with one attached hydrogen (secondary N) is 4. The van der Waals surface area contributed by atoms with Gasteiger partial charge in [0, 0.05) is 31.5 Å². The first-order valence-corrected chi connectivity index (χ1v) is 19.1. The van der Waals surface area contributed by atoms with Gasteiger partial charge in [-0.05, 0) is 42.5 Å². The first-order valence-electron chi connectivity index (χ1n) is 14.1. The Hall–Kier alpha value is -3.22. The van der Waals surface area contributed by atoms with Crippen LogP contribution in [0.3, 0.4) is 0 Å². The van der Waals surface area contributed by atoms with Crippen LogP contribution in [-0.4, -0.2) is 81.5 Å². The molecular formula is C28H37N5O9S3. The summed E-state index contributed by atoms with van der Waals surface area (Å²) in [5.74, 6) is -4.19. The van der Waals surface area contributed by atoms with Crippen molar-refractivity contribution in [1.82, 2.24) is 10.0 Å². The number of benzene rings is 2. The van der Waals surface area contributed by atoms with Gasteiger partial charge in [-0.3, -0.25) is 14.3 Å². The molecule has 2 aliphatic rings. The average Bonchev–Trinajstić information content (AvgIpc) is 2.94. The Morgan fingerprint density at radius 1 is 1.07 bits per heavy atom. The number of amidine groups is 1. The highest BCUT2D eigenvalue weighted by Crippen LogP contribution is 2.42. The van der Waals surface area contributed by atoms with E-state index in [0.717, 1.165) is 12.3 Å². The molecule has 0 saturated carbocycles. The van der Waals surface area contributed by atoms with Crippen LogP contribution in [0.15, 0.2) is 51.8 Å². The summed E-state index contributed by atoms with van der Waals surface area (Å²) < 4.78 is 90.6. The number of hydrogen-bond acceptors (Lipinski definition) is 11. The van der Waals surface area contributed by atoms with Gasteiger partial charge in [0.25, 0.3) is 10.0 Å². The zero-order valence-electron chi connectivity index (χ0n) is 25.3. The van der Waals surface area contributed by atoms with Crippen LogP contribution in [0.4, 0.5) is 11.4 Å². The SMILES string of the molecule is COCCNCCS(=O)(=O)NC1(CCC(C)C)C(=O)C(C2=NS(=O)(=O)c3cc(NS(C)(=O)=O)ccc3N2)C(=O)c2ccccc21. The van der Waals surface area contributed by atoms with Crippen molar-refractivity contribution in [2.45, 2.75) is 37.1 Å². The minimum absolute atomic E-state index is 0.00222. The Kier molecular flexibility index (Phi) is 10.2. The van der Waals surface area contributed by atoms with E-state index in [1.165, 1.54) is 31.4 Å². The molecule has 2 atom stereocenters. The van der Waals surface area contributed by atoms with Gasteiger partial charge in [0.2, 0.25) is 20.0 Å². The highest BCUT2D eigenvalue weighted by molar-refractivity contribution is 7.92. The lowest BCUT2D eigenvalue weighted by atomic mass is 9.67. The summed E-state index contributed by atoms with van der Waals surface area (Å²) in [6.07, 6.45) is 1.30. The second kappa shape index (κ2) is 13.3. The lowest BCUT2D eigenvalue weighted by molar-refractivity contribution is -0.126. The molecule has 0 radical (unpaired) electrons. The molecule has 1 aliphatic carbocycles. The van der Waals surface area contributed by atoms with Gasteiger partial charge >= 0.3 is 0 Å². The highest BCUT2D eigenvalue weighted by Gasteiger charge is 2.55. The number of sulfonamides is 3. The molecule has 45 heavy (non-hydrogen) atoms. The summed E-state index contributed by atoms with van der Waals surface area (Å²) in [5.41, 5.74) is -1.72. The Balaban J connectivity index is 1.80. The number of carbonyl (C=O) groups is 2. The third-order valence-electron chi connectivity index (χ3n) is 7.37. The van der Waals surface area contributed by atoms with Crippen LogP contribution in [0.25, 0.3) is 0 Å². The van der Waals surface area contributed by atoms with Crippen LogP contribution in [0.1, 0.15) is 42.6 Å². The van der Waals surface area contributed by atoms with Crippen LogP contribution in [0.2, 0.25) is 0 Å². The zero-order chi connectivity index (χ0) is 33.2. The molecule has 4 rings (SSSR count). The van der Waals surface area contributed by atoms with Gasteiger partial charge in [0.05, 0.1) is 24.3 Å². The van der Waals surface area contributed by atoms with E-state index in [0.29, 0.717) is 19.6 Å². The number of anilines is 2. The van der Waals surface area contributed by atoms with Crippen molar-refractivity contribution in [3.63, 3.8) is 0 Å². The maximum Gasteiger partial charge on any atom is 0.286 e. The molecule has 17 heteroatoms. The van der Waals surface area contributed by atoms with Crippen molar-refractivity contribution in [1.29, 1.82) is 0 Å². The minimum atomic E-state index is -4.53. The van der Waals surface area contributed by atoms with Crippen LogP contribution >= 0.6 is 0 Å². The second-order valence-electron chi connectivity index (χ2n) is 11.4. The predicted molar refractivity (Wildman–Crippen MR) is 170 cm³/mol. The fourth-order valence-electron chi connectivity index (χ4n) is 5.29. The monoisotopic (exact) mass is 683 g/mol. The van der Waals surface area contributed by atoms with Gasteiger partial charge in [0.15, 0.2) is 11.6 Å². The zero-order valence-corrected chi connectivity index (χ0v) is 27.7. The molecular weight excluding hydrogens is 647 g/mol. The number of ether oxygens (including phenoxy) is 1. The van der Waals surface area contributed by atoms with E-state index in [-0.39, 0.29) is 52.0 Å². The number of Topliss-reactive ketones (excluding diaryl/α,β-unsaturated/α-hetero) is 2. The van der Waals surface area contributed by atoms with Crippen molar-refractivity contribution < 1.29 is 39.6 Å². The van der Waals surface area contributed by atoms with Gasteiger partial charge in [0.1, 0.15) is 22.2 Å². The number of fused-ring (bicyclic) bond motifs is 2. The van der Waals surface area contributed by atoms with Crippen molar-refractivity contribution in [3.05, 3.63) is 53.6 Å². The number of methoxy groups -OCH3 is 1. The fourth-order valence-corrected chi connectivity index (χ4v) is 8.39. The minimum Gasteiger partial charge on any atom is -0.383 e. The number of nitrogens with zero attached hydrogens (tertiary/aromatic N) is 1. The molecule has 0 spiro atoms. The van der Waals surface area contributed by atoms with Crippen LogP contribution in [0.5, 0.6) is 0 Å². The van der Waals surface area contributed by atoms with Crippen molar-refractivity contribution >= 4 is 58.8 Å². The quantitative estimate of drug-likeness (QED) is 0.166. The third kappa shape index (κ3) is 7.78. The molecule has 1 aliphatic heterocycles. The first kappa shape index (κ1) is 34.6. The van der Waals surface area contributed by atoms with Crippen molar-refractivity contribution in [2.24, 2.45) is 16.2 Å². The topological polar surface area (TPSA) is 206 Å². The number of carbonyl (C=O) groups excluding carboxylic acids is 2. The molecule has 246 valence electrons. The Labute approximate surface area is 263 Å². The Morgan fingerprint density at radius 2 is 1.78 bits per heavy atom. The molecule has 0 saturated heterocycles. The van der Waals surface area contributed by atoms with E-state index in [1.54, 1.807) is 12.1 Å². The first-order chi connectivity index (χ1) is 21.0. The largest absolute Gasteiger partial charge is 0.383 e. The lowest BCUT2D eigenvalue weighted by Crippen LogP contribution is -2.61. The summed E-state index contributed by atoms with van der Waals surface area (Å²) in [4.78, 5) is 28.1. The highest BCUT2D eigenvalue weighted by atomic mass is 32.2. The van der Waals surface area contributed by atoms with Crippen LogP contribution in [0, 0.1) is 11.8 Å². The van der Waals surface area contributed by atoms with Crippen LogP contribution in [-0.2, 0) is 45.1 Å². The van der Waals surface area contributed by atoms with Crippen molar-refractivity contribution in [3.8, 4) is 0 Å². The molecule has 0 amide bonds.